The molecular formula is C12H17NO5. The van der Waals surface area contributed by atoms with Crippen molar-refractivity contribution in [1.82, 2.24) is 4.90 Å². The van der Waals surface area contributed by atoms with Crippen LogP contribution in [-0.4, -0.2) is 50.2 Å². The van der Waals surface area contributed by atoms with E-state index in [1.807, 2.05) is 0 Å². The average Bonchev–Trinajstić information content (AvgIpc) is 2.46. The summed E-state index contributed by atoms with van der Waals surface area (Å²) in [7, 11) is 1.36. The van der Waals surface area contributed by atoms with E-state index in [4.69, 9.17) is 14.2 Å². The molecule has 1 amide bonds. The molecule has 0 radical (unpaired) electrons. The number of carbonyl (C=O) groups excluding carboxylic acids is 2. The van der Waals surface area contributed by atoms with Crippen molar-refractivity contribution in [1.29, 1.82) is 0 Å². The van der Waals surface area contributed by atoms with Crippen molar-refractivity contribution in [3.63, 3.8) is 0 Å². The Morgan fingerprint density at radius 2 is 2.28 bits per heavy atom. The van der Waals surface area contributed by atoms with Crippen molar-refractivity contribution >= 4 is 11.9 Å². The highest BCUT2D eigenvalue weighted by Gasteiger charge is 2.31. The van der Waals surface area contributed by atoms with E-state index in [9.17, 15) is 9.59 Å². The minimum atomic E-state index is -0.262. The predicted molar refractivity (Wildman–Crippen MR) is 61.3 cm³/mol. The number of likely N-dealkylation sites (tertiary alicyclic amines) is 1. The molecule has 0 bridgehead atoms. The summed E-state index contributed by atoms with van der Waals surface area (Å²) >= 11 is 0. The lowest BCUT2D eigenvalue weighted by Crippen LogP contribution is -2.43. The molecule has 6 nitrogen and oxygen atoms in total. The molecule has 6 heteroatoms. The van der Waals surface area contributed by atoms with Crippen LogP contribution < -0.4 is 0 Å². The molecule has 1 fully saturated rings. The number of carbonyl (C=O) groups is 2. The number of methoxy groups -OCH3 is 1. The van der Waals surface area contributed by atoms with Crippen molar-refractivity contribution in [2.45, 2.75) is 12.8 Å². The monoisotopic (exact) mass is 255 g/mol. The largest absolute Gasteiger partial charge is 0.494 e. The van der Waals surface area contributed by atoms with Crippen LogP contribution in [0.5, 0.6) is 0 Å². The van der Waals surface area contributed by atoms with Gasteiger partial charge in [0.2, 0.25) is 5.76 Å². The van der Waals surface area contributed by atoms with Gasteiger partial charge in [0.1, 0.15) is 19.5 Å². The van der Waals surface area contributed by atoms with Gasteiger partial charge in [-0.3, -0.25) is 9.59 Å². The molecule has 2 aliphatic rings. The number of piperidine rings is 1. The van der Waals surface area contributed by atoms with Gasteiger partial charge >= 0.3 is 5.97 Å². The van der Waals surface area contributed by atoms with Crippen LogP contribution in [0.4, 0.5) is 0 Å². The minimum absolute atomic E-state index is 0.215. The zero-order valence-electron chi connectivity index (χ0n) is 10.4. The first-order chi connectivity index (χ1) is 8.72. The number of rotatable bonds is 2. The number of hydrogen-bond acceptors (Lipinski definition) is 5. The van der Waals surface area contributed by atoms with E-state index in [0.29, 0.717) is 26.3 Å². The van der Waals surface area contributed by atoms with Crippen molar-refractivity contribution < 1.29 is 23.8 Å². The van der Waals surface area contributed by atoms with Crippen LogP contribution in [-0.2, 0) is 23.8 Å². The summed E-state index contributed by atoms with van der Waals surface area (Å²) in [6.45, 7) is 1.85. The lowest BCUT2D eigenvalue weighted by Gasteiger charge is -2.32. The van der Waals surface area contributed by atoms with Crippen LogP contribution in [0.1, 0.15) is 12.8 Å². The molecule has 0 aliphatic carbocycles. The smallest absolute Gasteiger partial charge is 0.310 e. The van der Waals surface area contributed by atoms with Crippen LogP contribution in [0.15, 0.2) is 12.0 Å². The van der Waals surface area contributed by atoms with Gasteiger partial charge in [-0.15, -0.1) is 0 Å². The van der Waals surface area contributed by atoms with E-state index >= 15 is 0 Å². The number of esters is 1. The summed E-state index contributed by atoms with van der Waals surface area (Å²) in [5.41, 5.74) is 0. The fourth-order valence-electron chi connectivity index (χ4n) is 2.16. The average molecular weight is 255 g/mol. The molecule has 1 saturated heterocycles. The number of hydrogen-bond donors (Lipinski definition) is 0. The molecule has 1 atom stereocenters. The Balaban J connectivity index is 1.97. The van der Waals surface area contributed by atoms with E-state index in [1.165, 1.54) is 13.4 Å². The first kappa shape index (κ1) is 12.7. The number of nitrogens with zero attached hydrogens (tertiary/aromatic N) is 1. The third kappa shape index (κ3) is 2.75. The fraction of sp³-hybridized carbons (Fsp3) is 0.667. The molecule has 100 valence electrons. The van der Waals surface area contributed by atoms with Crippen LogP contribution in [0.3, 0.4) is 0 Å². The lowest BCUT2D eigenvalue weighted by atomic mass is 9.98. The summed E-state index contributed by atoms with van der Waals surface area (Å²) in [4.78, 5) is 25.2. The summed E-state index contributed by atoms with van der Waals surface area (Å²) in [5, 5.41) is 0. The van der Waals surface area contributed by atoms with Crippen LogP contribution in [0.25, 0.3) is 0 Å². The highest BCUT2D eigenvalue weighted by Crippen LogP contribution is 2.20. The van der Waals surface area contributed by atoms with Crippen molar-refractivity contribution in [2.24, 2.45) is 5.92 Å². The van der Waals surface area contributed by atoms with Crippen LogP contribution in [0.2, 0.25) is 0 Å². The molecule has 0 aromatic heterocycles. The molecule has 0 saturated carbocycles. The quantitative estimate of drug-likeness (QED) is 0.663. The topological polar surface area (TPSA) is 65.1 Å². The standard InChI is InChI=1S/C12H17NO5/c1-16-12(15)9-3-2-4-13(7-9)11(14)10-8-17-5-6-18-10/h8-9H,2-7H2,1H3/t9-/m0/s1. The van der Waals surface area contributed by atoms with E-state index < -0.39 is 0 Å². The molecule has 2 rings (SSSR count). The fourth-order valence-corrected chi connectivity index (χ4v) is 2.16. The molecule has 0 N–H and O–H groups in total. The summed E-state index contributed by atoms with van der Waals surface area (Å²) < 4.78 is 15.0. The first-order valence-electron chi connectivity index (χ1n) is 6.04. The Labute approximate surface area is 105 Å². The Morgan fingerprint density at radius 3 is 2.94 bits per heavy atom. The zero-order chi connectivity index (χ0) is 13.0. The third-order valence-corrected chi connectivity index (χ3v) is 3.10. The highest BCUT2D eigenvalue weighted by molar-refractivity contribution is 5.91. The summed E-state index contributed by atoms with van der Waals surface area (Å²) in [6.07, 6.45) is 2.89. The van der Waals surface area contributed by atoms with Gasteiger partial charge in [-0.05, 0) is 12.8 Å². The maximum absolute atomic E-state index is 12.1. The van der Waals surface area contributed by atoms with E-state index in [0.717, 1.165) is 12.8 Å². The molecule has 0 aromatic rings. The van der Waals surface area contributed by atoms with E-state index in [-0.39, 0.29) is 23.6 Å². The van der Waals surface area contributed by atoms with Crippen molar-refractivity contribution in [3.8, 4) is 0 Å². The Bertz CT molecular complexity index is 365. The first-order valence-corrected chi connectivity index (χ1v) is 6.04. The second kappa shape index (κ2) is 5.75. The minimum Gasteiger partial charge on any atom is -0.494 e. The second-order valence-corrected chi connectivity index (χ2v) is 4.31. The molecule has 0 spiro atoms. The maximum atomic E-state index is 12.1. The lowest BCUT2D eigenvalue weighted by molar-refractivity contribution is -0.149. The number of ether oxygens (including phenoxy) is 3. The molecular weight excluding hydrogens is 238 g/mol. The molecule has 0 aromatic carbocycles. The normalized spacial score (nSPS) is 23.5. The summed E-state index contributed by atoms with van der Waals surface area (Å²) in [5.74, 6) is -0.504. The van der Waals surface area contributed by atoms with Gasteiger partial charge in [0.05, 0.1) is 13.0 Å². The Hall–Kier alpha value is -1.72. The maximum Gasteiger partial charge on any atom is 0.310 e. The predicted octanol–water partition coefficient (Wildman–Crippen LogP) is 0.286. The third-order valence-electron chi connectivity index (χ3n) is 3.10. The molecule has 0 unspecified atom stereocenters. The van der Waals surface area contributed by atoms with Gasteiger partial charge in [-0.2, -0.15) is 0 Å². The summed E-state index contributed by atoms with van der Waals surface area (Å²) in [6, 6.07) is 0. The van der Waals surface area contributed by atoms with Gasteiger partial charge in [-0.25, -0.2) is 0 Å². The van der Waals surface area contributed by atoms with Gasteiger partial charge in [0, 0.05) is 13.1 Å². The Morgan fingerprint density at radius 1 is 1.44 bits per heavy atom. The van der Waals surface area contributed by atoms with Gasteiger partial charge in [-0.1, -0.05) is 0 Å². The second-order valence-electron chi connectivity index (χ2n) is 4.31. The van der Waals surface area contributed by atoms with E-state index in [2.05, 4.69) is 0 Å². The molecule has 2 heterocycles. The van der Waals surface area contributed by atoms with Gasteiger partial charge in [0.25, 0.3) is 5.91 Å². The Kier molecular flexibility index (Phi) is 4.07. The number of amides is 1. The molecule has 18 heavy (non-hydrogen) atoms. The molecule has 2 aliphatic heterocycles. The van der Waals surface area contributed by atoms with Crippen LogP contribution >= 0.6 is 0 Å². The van der Waals surface area contributed by atoms with Crippen LogP contribution in [0, 0.1) is 5.92 Å². The van der Waals surface area contributed by atoms with Crippen molar-refractivity contribution in [3.05, 3.63) is 12.0 Å². The zero-order valence-corrected chi connectivity index (χ0v) is 10.4. The highest BCUT2D eigenvalue weighted by atomic mass is 16.6. The van der Waals surface area contributed by atoms with Gasteiger partial charge < -0.3 is 19.1 Å². The van der Waals surface area contributed by atoms with Crippen molar-refractivity contribution in [2.75, 3.05) is 33.4 Å². The van der Waals surface area contributed by atoms with E-state index in [1.54, 1.807) is 4.90 Å². The van der Waals surface area contributed by atoms with Gasteiger partial charge in [0.15, 0.2) is 0 Å². The SMILES string of the molecule is COC(=O)[C@H]1CCCN(C(=O)C2=COCCO2)C1.